The van der Waals surface area contributed by atoms with Crippen LogP contribution in [0.15, 0.2) is 24.3 Å². The van der Waals surface area contributed by atoms with Crippen LogP contribution in [0.3, 0.4) is 0 Å². The number of hydrogen-bond donors (Lipinski definition) is 0. The van der Waals surface area contributed by atoms with Gasteiger partial charge in [-0.2, -0.15) is 0 Å². The molecule has 2 atom stereocenters. The molecule has 0 N–H and O–H groups in total. The first-order valence-electron chi connectivity index (χ1n) is 9.23. The Balaban J connectivity index is 2.11. The molecular weight excluding hydrogens is 318 g/mol. The molecule has 0 bridgehead atoms. The van der Waals surface area contributed by atoms with E-state index in [0.717, 1.165) is 30.9 Å². The van der Waals surface area contributed by atoms with Gasteiger partial charge in [-0.25, -0.2) is 0 Å². The maximum Gasteiger partial charge on any atom is 0.235 e. The summed E-state index contributed by atoms with van der Waals surface area (Å²) in [7, 11) is 1.69. The lowest BCUT2D eigenvalue weighted by Gasteiger charge is -2.32. The van der Waals surface area contributed by atoms with Gasteiger partial charge in [0.2, 0.25) is 5.91 Å². The summed E-state index contributed by atoms with van der Waals surface area (Å²) >= 11 is 1.80. The molecule has 1 amide bonds. The predicted molar refractivity (Wildman–Crippen MR) is 103 cm³/mol. The van der Waals surface area contributed by atoms with E-state index in [-0.39, 0.29) is 11.3 Å². The smallest absolute Gasteiger partial charge is 0.235 e. The average molecular weight is 350 g/mol. The van der Waals surface area contributed by atoms with Crippen molar-refractivity contribution in [1.29, 1.82) is 0 Å². The number of amides is 1. The summed E-state index contributed by atoms with van der Waals surface area (Å²) in [5.41, 5.74) is 1.23. The van der Waals surface area contributed by atoms with Gasteiger partial charge in [-0.05, 0) is 49.6 Å². The SMILES string of the molecule is CCCCSC(C)C(=O)N1CCCCCC1c1ccc(OC)cc1. The highest BCUT2D eigenvalue weighted by Gasteiger charge is 2.29. The van der Waals surface area contributed by atoms with Crippen molar-refractivity contribution in [3.8, 4) is 5.75 Å². The number of likely N-dealkylation sites (tertiary alicyclic amines) is 1. The summed E-state index contributed by atoms with van der Waals surface area (Å²) in [6.45, 7) is 5.15. The average Bonchev–Trinajstić information content (AvgIpc) is 2.87. The molecular formula is C20H31NO2S. The number of carbonyl (C=O) groups is 1. The predicted octanol–water partition coefficient (Wildman–Crippen LogP) is 5.06. The molecule has 134 valence electrons. The van der Waals surface area contributed by atoms with Crippen molar-refractivity contribution in [2.24, 2.45) is 0 Å². The summed E-state index contributed by atoms with van der Waals surface area (Å²) in [6, 6.07) is 8.44. The molecule has 1 fully saturated rings. The van der Waals surface area contributed by atoms with Crippen LogP contribution in [0.2, 0.25) is 0 Å². The highest BCUT2D eigenvalue weighted by atomic mass is 32.2. The first-order valence-corrected chi connectivity index (χ1v) is 10.3. The van der Waals surface area contributed by atoms with E-state index in [4.69, 9.17) is 4.74 Å². The molecule has 3 nitrogen and oxygen atoms in total. The van der Waals surface area contributed by atoms with Crippen LogP contribution in [0.1, 0.15) is 64.0 Å². The van der Waals surface area contributed by atoms with Gasteiger partial charge >= 0.3 is 0 Å². The molecule has 0 aromatic heterocycles. The fourth-order valence-electron chi connectivity index (χ4n) is 3.25. The van der Waals surface area contributed by atoms with Gasteiger partial charge in [0.1, 0.15) is 5.75 Å². The van der Waals surface area contributed by atoms with E-state index in [0.29, 0.717) is 5.91 Å². The number of benzene rings is 1. The standard InChI is InChI=1S/C20H31NO2S/c1-4-5-15-24-16(2)20(22)21-14-8-6-7-9-19(21)17-10-12-18(23-3)13-11-17/h10-13,16,19H,4-9,14-15H2,1-3H3. The Morgan fingerprint density at radius 1 is 1.29 bits per heavy atom. The van der Waals surface area contributed by atoms with E-state index in [1.165, 1.54) is 31.2 Å². The molecule has 2 unspecified atom stereocenters. The minimum atomic E-state index is 0.0513. The molecule has 0 spiro atoms. The van der Waals surface area contributed by atoms with Crippen LogP contribution in [0, 0.1) is 0 Å². The molecule has 0 radical (unpaired) electrons. The first kappa shape index (κ1) is 19.2. The fraction of sp³-hybridized carbons (Fsp3) is 0.650. The normalized spacial score (nSPS) is 19.6. The highest BCUT2D eigenvalue weighted by molar-refractivity contribution is 8.00. The molecule has 2 rings (SSSR count). The van der Waals surface area contributed by atoms with Gasteiger partial charge < -0.3 is 9.64 Å². The third-order valence-corrected chi connectivity index (χ3v) is 5.98. The molecule has 1 aromatic carbocycles. The van der Waals surface area contributed by atoms with Crippen molar-refractivity contribution in [2.45, 2.75) is 63.7 Å². The Kier molecular flexibility index (Phi) is 7.97. The minimum Gasteiger partial charge on any atom is -0.497 e. The number of carbonyl (C=O) groups excluding carboxylic acids is 1. The van der Waals surface area contributed by atoms with Crippen molar-refractivity contribution in [1.82, 2.24) is 4.90 Å². The topological polar surface area (TPSA) is 29.5 Å². The van der Waals surface area contributed by atoms with E-state index in [9.17, 15) is 4.79 Å². The number of unbranched alkanes of at least 4 members (excludes halogenated alkanes) is 1. The summed E-state index contributed by atoms with van der Waals surface area (Å²) in [5.74, 6) is 2.25. The van der Waals surface area contributed by atoms with Crippen molar-refractivity contribution in [3.05, 3.63) is 29.8 Å². The maximum atomic E-state index is 13.0. The number of methoxy groups -OCH3 is 1. The molecule has 1 heterocycles. The minimum absolute atomic E-state index is 0.0513. The molecule has 1 aliphatic heterocycles. The Morgan fingerprint density at radius 2 is 2.04 bits per heavy atom. The molecule has 24 heavy (non-hydrogen) atoms. The summed E-state index contributed by atoms with van der Waals surface area (Å²) in [4.78, 5) is 15.2. The quantitative estimate of drug-likeness (QED) is 0.644. The number of nitrogens with zero attached hydrogens (tertiary/aromatic N) is 1. The second-order valence-electron chi connectivity index (χ2n) is 6.54. The van der Waals surface area contributed by atoms with E-state index >= 15 is 0 Å². The van der Waals surface area contributed by atoms with Crippen LogP contribution >= 0.6 is 11.8 Å². The number of thioether (sulfide) groups is 1. The molecule has 1 aromatic rings. The van der Waals surface area contributed by atoms with Gasteiger partial charge in [0.15, 0.2) is 0 Å². The van der Waals surface area contributed by atoms with Gasteiger partial charge in [0.25, 0.3) is 0 Å². The van der Waals surface area contributed by atoms with E-state index < -0.39 is 0 Å². The Morgan fingerprint density at radius 3 is 2.71 bits per heavy atom. The first-order chi connectivity index (χ1) is 11.7. The fourth-order valence-corrected chi connectivity index (χ4v) is 4.34. The molecule has 0 saturated carbocycles. The van der Waals surface area contributed by atoms with Gasteiger partial charge in [0.05, 0.1) is 18.4 Å². The lowest BCUT2D eigenvalue weighted by atomic mass is 10.0. The van der Waals surface area contributed by atoms with Gasteiger partial charge in [-0.15, -0.1) is 11.8 Å². The lowest BCUT2D eigenvalue weighted by molar-refractivity contribution is -0.132. The van der Waals surface area contributed by atoms with Crippen molar-refractivity contribution >= 4 is 17.7 Å². The summed E-state index contributed by atoms with van der Waals surface area (Å²) < 4.78 is 5.26. The van der Waals surface area contributed by atoms with E-state index in [1.807, 2.05) is 12.1 Å². The monoisotopic (exact) mass is 349 g/mol. The number of hydrogen-bond acceptors (Lipinski definition) is 3. The zero-order chi connectivity index (χ0) is 17.4. The molecule has 0 aliphatic carbocycles. The lowest BCUT2D eigenvalue weighted by Crippen LogP contribution is -2.39. The van der Waals surface area contributed by atoms with Crippen LogP contribution in [0.4, 0.5) is 0 Å². The number of ether oxygens (including phenoxy) is 1. The third kappa shape index (κ3) is 5.17. The van der Waals surface area contributed by atoms with Crippen LogP contribution in [0.25, 0.3) is 0 Å². The summed E-state index contributed by atoms with van der Waals surface area (Å²) in [5, 5.41) is 0.0513. The summed E-state index contributed by atoms with van der Waals surface area (Å²) in [6.07, 6.45) is 6.96. The molecule has 1 aliphatic rings. The zero-order valence-corrected chi connectivity index (χ0v) is 16.1. The van der Waals surface area contributed by atoms with Crippen LogP contribution in [-0.4, -0.2) is 35.5 Å². The Labute approximate surface area is 151 Å². The second kappa shape index (κ2) is 9.97. The van der Waals surface area contributed by atoms with Crippen molar-refractivity contribution < 1.29 is 9.53 Å². The van der Waals surface area contributed by atoms with Gasteiger partial charge in [-0.1, -0.05) is 38.3 Å². The van der Waals surface area contributed by atoms with Crippen LogP contribution in [-0.2, 0) is 4.79 Å². The molecule has 4 heteroatoms. The molecule has 1 saturated heterocycles. The largest absolute Gasteiger partial charge is 0.497 e. The zero-order valence-electron chi connectivity index (χ0n) is 15.3. The Bertz CT molecular complexity index is 503. The van der Waals surface area contributed by atoms with Gasteiger partial charge in [-0.3, -0.25) is 4.79 Å². The van der Waals surface area contributed by atoms with Crippen LogP contribution in [0.5, 0.6) is 5.75 Å². The van der Waals surface area contributed by atoms with E-state index in [2.05, 4.69) is 30.9 Å². The van der Waals surface area contributed by atoms with Crippen molar-refractivity contribution in [2.75, 3.05) is 19.4 Å². The maximum absolute atomic E-state index is 13.0. The second-order valence-corrected chi connectivity index (χ2v) is 7.99. The van der Waals surface area contributed by atoms with Gasteiger partial charge in [0, 0.05) is 6.54 Å². The van der Waals surface area contributed by atoms with Crippen molar-refractivity contribution in [3.63, 3.8) is 0 Å². The Hall–Kier alpha value is -1.16. The van der Waals surface area contributed by atoms with Crippen LogP contribution < -0.4 is 4.74 Å². The third-order valence-electron chi connectivity index (χ3n) is 4.75. The van der Waals surface area contributed by atoms with E-state index in [1.54, 1.807) is 18.9 Å². The highest BCUT2D eigenvalue weighted by Crippen LogP contribution is 2.32. The number of rotatable bonds is 7.